The van der Waals surface area contributed by atoms with Gasteiger partial charge < -0.3 is 5.32 Å². The highest BCUT2D eigenvalue weighted by molar-refractivity contribution is 5.95. The van der Waals surface area contributed by atoms with Crippen molar-refractivity contribution in [3.63, 3.8) is 0 Å². The Morgan fingerprint density at radius 2 is 1.79 bits per heavy atom. The molecule has 11 heteroatoms. The highest BCUT2D eigenvalue weighted by Crippen LogP contribution is 2.34. The monoisotopic (exact) mass is 352 g/mol. The number of carbonyl (C=O) groups is 1. The maximum absolute atomic E-state index is 13.2. The molecule has 0 radical (unpaired) electrons. The summed E-state index contributed by atoms with van der Waals surface area (Å²) in [4.78, 5) is 15.1. The number of amides is 1. The maximum atomic E-state index is 13.2. The zero-order chi connectivity index (χ0) is 18.1. The number of halogens is 6. The lowest BCUT2D eigenvalue weighted by Crippen LogP contribution is -2.26. The summed E-state index contributed by atoms with van der Waals surface area (Å²) < 4.78 is 77.5. The molecule has 24 heavy (non-hydrogen) atoms. The fourth-order valence-corrected chi connectivity index (χ4v) is 1.90. The summed E-state index contributed by atoms with van der Waals surface area (Å²) in [5.41, 5.74) is -3.28. The second-order valence-electron chi connectivity index (χ2n) is 4.58. The van der Waals surface area contributed by atoms with Gasteiger partial charge >= 0.3 is 12.4 Å². The standard InChI is InChI=1S/C13H10F6N4O/c1-2-20-11(24)8-6-22-23(10(8)13(17,18)19)9-4-3-7(5-21-9)12(14,15)16/h3-6H,2H2,1H3,(H,20,24). The van der Waals surface area contributed by atoms with E-state index in [0.717, 1.165) is 6.07 Å². The zero-order valence-corrected chi connectivity index (χ0v) is 12.0. The van der Waals surface area contributed by atoms with E-state index in [0.29, 0.717) is 18.5 Å². The summed E-state index contributed by atoms with van der Waals surface area (Å²) in [6.07, 6.45) is -8.55. The minimum atomic E-state index is -4.96. The molecular formula is C13H10F6N4O. The van der Waals surface area contributed by atoms with Gasteiger partial charge in [-0.25, -0.2) is 9.67 Å². The quantitative estimate of drug-likeness (QED) is 0.864. The summed E-state index contributed by atoms with van der Waals surface area (Å²) in [5.74, 6) is -1.49. The lowest BCUT2D eigenvalue weighted by molar-refractivity contribution is -0.143. The van der Waals surface area contributed by atoms with Gasteiger partial charge in [0.2, 0.25) is 0 Å². The van der Waals surface area contributed by atoms with Crippen molar-refractivity contribution in [2.24, 2.45) is 0 Å². The van der Waals surface area contributed by atoms with Gasteiger partial charge in [0.05, 0.1) is 17.3 Å². The van der Waals surface area contributed by atoms with Gasteiger partial charge in [0.15, 0.2) is 11.5 Å². The van der Waals surface area contributed by atoms with Crippen LogP contribution in [0.25, 0.3) is 5.82 Å². The Morgan fingerprint density at radius 1 is 1.12 bits per heavy atom. The second-order valence-corrected chi connectivity index (χ2v) is 4.58. The molecule has 0 bridgehead atoms. The van der Waals surface area contributed by atoms with Crippen LogP contribution in [0.3, 0.4) is 0 Å². The molecule has 2 heterocycles. The molecule has 2 rings (SSSR count). The first-order valence-electron chi connectivity index (χ1n) is 6.52. The van der Waals surface area contributed by atoms with E-state index >= 15 is 0 Å². The third-order valence-corrected chi connectivity index (χ3v) is 2.91. The predicted molar refractivity (Wildman–Crippen MR) is 69.4 cm³/mol. The number of nitrogens with zero attached hydrogens (tertiary/aromatic N) is 3. The van der Waals surface area contributed by atoms with E-state index in [1.165, 1.54) is 6.92 Å². The topological polar surface area (TPSA) is 59.8 Å². The van der Waals surface area contributed by atoms with E-state index in [-0.39, 0.29) is 11.2 Å². The van der Waals surface area contributed by atoms with Crippen molar-refractivity contribution in [3.05, 3.63) is 41.3 Å². The smallest absolute Gasteiger partial charge is 0.352 e. The third kappa shape index (κ3) is 3.49. The first kappa shape index (κ1) is 17.8. The minimum Gasteiger partial charge on any atom is -0.352 e. The largest absolute Gasteiger partial charge is 0.434 e. The van der Waals surface area contributed by atoms with Crippen molar-refractivity contribution < 1.29 is 31.1 Å². The van der Waals surface area contributed by atoms with Crippen LogP contribution < -0.4 is 5.32 Å². The Labute approximate surface area is 131 Å². The second kappa shape index (κ2) is 6.13. The third-order valence-electron chi connectivity index (χ3n) is 2.91. The van der Waals surface area contributed by atoms with Gasteiger partial charge in [-0.3, -0.25) is 4.79 Å². The van der Waals surface area contributed by atoms with Crippen LogP contribution in [0.5, 0.6) is 0 Å². The summed E-state index contributed by atoms with van der Waals surface area (Å²) in [7, 11) is 0. The number of nitrogens with one attached hydrogen (secondary N) is 1. The van der Waals surface area contributed by atoms with Crippen LogP contribution in [0.15, 0.2) is 24.5 Å². The summed E-state index contributed by atoms with van der Waals surface area (Å²) in [6.45, 7) is 1.62. The summed E-state index contributed by atoms with van der Waals surface area (Å²) in [6, 6.07) is 1.32. The van der Waals surface area contributed by atoms with E-state index < -0.39 is 40.9 Å². The number of hydrogen-bond acceptors (Lipinski definition) is 3. The lowest BCUT2D eigenvalue weighted by atomic mass is 10.2. The molecule has 0 fully saturated rings. The van der Waals surface area contributed by atoms with Gasteiger partial charge in [-0.1, -0.05) is 0 Å². The van der Waals surface area contributed by atoms with Gasteiger partial charge in [0, 0.05) is 12.7 Å². The molecule has 0 saturated heterocycles. The molecule has 0 aromatic carbocycles. The molecule has 2 aromatic rings. The Bertz CT molecular complexity index is 732. The number of alkyl halides is 6. The van der Waals surface area contributed by atoms with Crippen LogP contribution in [0.2, 0.25) is 0 Å². The highest BCUT2D eigenvalue weighted by atomic mass is 19.4. The molecule has 1 N–H and O–H groups in total. The molecular weight excluding hydrogens is 342 g/mol. The van der Waals surface area contributed by atoms with E-state index in [2.05, 4.69) is 15.4 Å². The molecule has 130 valence electrons. The first-order chi connectivity index (χ1) is 11.1. The maximum Gasteiger partial charge on any atom is 0.434 e. The van der Waals surface area contributed by atoms with Gasteiger partial charge in [0.25, 0.3) is 5.91 Å². The van der Waals surface area contributed by atoms with Crippen molar-refractivity contribution in [1.82, 2.24) is 20.1 Å². The molecule has 0 atom stereocenters. The average Bonchev–Trinajstić information content (AvgIpc) is 2.92. The van der Waals surface area contributed by atoms with Crippen molar-refractivity contribution in [2.45, 2.75) is 19.3 Å². The normalized spacial score (nSPS) is 12.3. The molecule has 2 aromatic heterocycles. The van der Waals surface area contributed by atoms with Crippen molar-refractivity contribution in [3.8, 4) is 5.82 Å². The highest BCUT2D eigenvalue weighted by Gasteiger charge is 2.41. The van der Waals surface area contributed by atoms with Gasteiger partial charge in [0.1, 0.15) is 0 Å². The molecule has 5 nitrogen and oxygen atoms in total. The van der Waals surface area contributed by atoms with Crippen molar-refractivity contribution >= 4 is 5.91 Å². The number of carbonyl (C=O) groups excluding carboxylic acids is 1. The minimum absolute atomic E-state index is 0.0971. The Balaban J connectivity index is 2.53. The van der Waals surface area contributed by atoms with Crippen molar-refractivity contribution in [1.29, 1.82) is 0 Å². The molecule has 0 spiro atoms. The number of rotatable bonds is 3. The van der Waals surface area contributed by atoms with Gasteiger partial charge in [-0.15, -0.1) is 0 Å². The number of hydrogen-bond donors (Lipinski definition) is 1. The average molecular weight is 352 g/mol. The van der Waals surface area contributed by atoms with Crippen LogP contribution in [-0.2, 0) is 12.4 Å². The zero-order valence-electron chi connectivity index (χ0n) is 12.0. The van der Waals surface area contributed by atoms with Gasteiger partial charge in [-0.05, 0) is 19.1 Å². The van der Waals surface area contributed by atoms with Crippen LogP contribution >= 0.6 is 0 Å². The van der Waals surface area contributed by atoms with Crippen LogP contribution in [0.4, 0.5) is 26.3 Å². The van der Waals surface area contributed by atoms with Gasteiger partial charge in [-0.2, -0.15) is 31.4 Å². The van der Waals surface area contributed by atoms with E-state index in [1.54, 1.807) is 0 Å². The summed E-state index contributed by atoms with van der Waals surface area (Å²) in [5, 5.41) is 5.65. The van der Waals surface area contributed by atoms with E-state index in [1.807, 2.05) is 0 Å². The van der Waals surface area contributed by atoms with Crippen molar-refractivity contribution in [2.75, 3.05) is 6.54 Å². The van der Waals surface area contributed by atoms with E-state index in [9.17, 15) is 31.1 Å². The first-order valence-corrected chi connectivity index (χ1v) is 6.52. The molecule has 0 saturated carbocycles. The summed E-state index contributed by atoms with van der Waals surface area (Å²) >= 11 is 0. The Kier molecular flexibility index (Phi) is 4.54. The van der Waals surface area contributed by atoms with Crippen LogP contribution in [-0.4, -0.2) is 27.2 Å². The Morgan fingerprint density at radius 3 is 2.25 bits per heavy atom. The van der Waals surface area contributed by atoms with Crippen LogP contribution in [0.1, 0.15) is 28.5 Å². The predicted octanol–water partition coefficient (Wildman–Crippen LogP) is 3.05. The SMILES string of the molecule is CCNC(=O)c1cnn(-c2ccc(C(F)(F)F)cn2)c1C(F)(F)F. The molecule has 1 amide bonds. The molecule has 0 aliphatic carbocycles. The molecule has 0 aliphatic heterocycles. The molecule has 0 aliphatic rings. The number of aromatic nitrogens is 3. The fourth-order valence-electron chi connectivity index (χ4n) is 1.90. The molecule has 0 unspecified atom stereocenters. The lowest BCUT2D eigenvalue weighted by Gasteiger charge is -2.12. The van der Waals surface area contributed by atoms with Crippen LogP contribution in [0, 0.1) is 0 Å². The number of pyridine rings is 1. The fraction of sp³-hybridized carbons (Fsp3) is 0.308. The van der Waals surface area contributed by atoms with E-state index in [4.69, 9.17) is 0 Å². The Hall–Kier alpha value is -2.59.